The number of hydrogen-bond donors (Lipinski definition) is 3. The zero-order valence-electron chi connectivity index (χ0n) is 15.0. The number of carbonyl (C=O) groups is 1. The van der Waals surface area contributed by atoms with Gasteiger partial charge in [0.15, 0.2) is 5.78 Å². The Hall–Kier alpha value is -2.05. The van der Waals surface area contributed by atoms with E-state index >= 15 is 0 Å². The van der Waals surface area contributed by atoms with Crippen LogP contribution in [0, 0.1) is 0 Å². The molecule has 3 rings (SSSR count). The number of nitrogens with zero attached hydrogens (tertiary/aromatic N) is 1. The molecule has 0 amide bonds. The minimum atomic E-state index is 0.170. The maximum absolute atomic E-state index is 13.2. The van der Waals surface area contributed by atoms with Crippen molar-refractivity contribution in [2.75, 3.05) is 45.8 Å². The molecular weight excluding hydrogens is 312 g/mol. The second-order valence-electron chi connectivity index (χ2n) is 6.98. The molecule has 0 fully saturated rings. The standard InChI is InChI=1S/C20H27N4O/c21-7-10-24(11-8-22,12-9-23)14-17-13-16-5-1-3-15-4-2-6-18(19(15)16)20(17)25/h1-6,13H,7-12,14,21-23H2/q+1/p+3. The Kier molecular flexibility index (Phi) is 5.30. The molecule has 1 aliphatic carbocycles. The van der Waals surface area contributed by atoms with Crippen LogP contribution < -0.4 is 17.2 Å². The van der Waals surface area contributed by atoms with Gasteiger partial charge in [0.05, 0.1) is 5.57 Å². The zero-order valence-corrected chi connectivity index (χ0v) is 15.0. The lowest BCUT2D eigenvalue weighted by Crippen LogP contribution is -2.69. The third-order valence-electron chi connectivity index (χ3n) is 5.21. The Morgan fingerprint density at radius 2 is 1.44 bits per heavy atom. The molecule has 0 spiro atoms. The molecule has 0 saturated heterocycles. The fourth-order valence-electron chi connectivity index (χ4n) is 4.16. The van der Waals surface area contributed by atoms with E-state index in [9.17, 15) is 4.79 Å². The quantitative estimate of drug-likeness (QED) is 0.525. The van der Waals surface area contributed by atoms with Crippen LogP contribution in [-0.4, -0.2) is 56.1 Å². The van der Waals surface area contributed by atoms with Gasteiger partial charge in [-0.25, -0.2) is 0 Å². The van der Waals surface area contributed by atoms with Crippen LogP contribution in [0.1, 0.15) is 15.9 Å². The van der Waals surface area contributed by atoms with Crippen LogP contribution in [0.4, 0.5) is 0 Å². The van der Waals surface area contributed by atoms with Crippen LogP contribution in [-0.2, 0) is 0 Å². The summed E-state index contributed by atoms with van der Waals surface area (Å²) in [6, 6.07) is 12.3. The van der Waals surface area contributed by atoms with Crippen molar-refractivity contribution in [3.8, 4) is 0 Å². The lowest BCUT2D eigenvalue weighted by atomic mass is 9.87. The Morgan fingerprint density at radius 1 is 0.840 bits per heavy atom. The van der Waals surface area contributed by atoms with Crippen LogP contribution in [0.3, 0.4) is 0 Å². The van der Waals surface area contributed by atoms with E-state index in [1.807, 2.05) is 12.1 Å². The molecule has 9 N–H and O–H groups in total. The summed E-state index contributed by atoms with van der Waals surface area (Å²) in [5.74, 6) is 0.170. The van der Waals surface area contributed by atoms with Gasteiger partial charge in [0, 0.05) is 10.9 Å². The summed E-state index contributed by atoms with van der Waals surface area (Å²) in [6.07, 6.45) is 2.10. The van der Waals surface area contributed by atoms with Crippen LogP contribution in [0.15, 0.2) is 42.0 Å². The van der Waals surface area contributed by atoms with Gasteiger partial charge in [-0.1, -0.05) is 36.4 Å². The number of carbonyl (C=O) groups excluding carboxylic acids is 1. The first kappa shape index (κ1) is 17.8. The number of hydrogen-bond acceptors (Lipinski definition) is 1. The van der Waals surface area contributed by atoms with E-state index in [0.29, 0.717) is 0 Å². The third kappa shape index (κ3) is 3.37. The van der Waals surface area contributed by atoms with Crippen molar-refractivity contribution in [3.63, 3.8) is 0 Å². The Bertz CT molecular complexity index is 790. The van der Waals surface area contributed by atoms with Gasteiger partial charge in [-0.05, 0) is 17.0 Å². The summed E-state index contributed by atoms with van der Waals surface area (Å²) >= 11 is 0. The van der Waals surface area contributed by atoms with Crippen molar-refractivity contribution in [3.05, 3.63) is 53.1 Å². The van der Waals surface area contributed by atoms with Crippen molar-refractivity contribution in [1.82, 2.24) is 0 Å². The van der Waals surface area contributed by atoms with E-state index in [2.05, 4.69) is 47.5 Å². The highest BCUT2D eigenvalue weighted by Gasteiger charge is 2.33. The lowest BCUT2D eigenvalue weighted by Gasteiger charge is -2.37. The molecule has 5 nitrogen and oxygen atoms in total. The number of benzene rings is 2. The summed E-state index contributed by atoms with van der Waals surface area (Å²) in [7, 11) is 0. The SMILES string of the molecule is [NH3+]CC[N+](CC[NH3+])(CC[NH3+])CC1=Cc2cccc3cccc(c23)C1=O. The minimum Gasteiger partial charge on any atom is -0.353 e. The molecule has 5 heteroatoms. The van der Waals surface area contributed by atoms with Gasteiger partial charge in [-0.3, -0.25) is 4.79 Å². The molecule has 0 atom stereocenters. The first-order valence-corrected chi connectivity index (χ1v) is 9.14. The predicted molar refractivity (Wildman–Crippen MR) is 99.2 cm³/mol. The predicted octanol–water partition coefficient (Wildman–Crippen LogP) is -1.04. The topological polar surface area (TPSA) is 100.0 Å². The molecule has 1 aliphatic rings. The average Bonchev–Trinajstić information content (AvgIpc) is 2.60. The second-order valence-corrected chi connectivity index (χ2v) is 6.98. The summed E-state index contributed by atoms with van der Waals surface area (Å²) in [5, 5.41) is 2.22. The first-order valence-electron chi connectivity index (χ1n) is 9.14. The van der Waals surface area contributed by atoms with Crippen molar-refractivity contribution < 1.29 is 26.5 Å². The highest BCUT2D eigenvalue weighted by molar-refractivity contribution is 6.22. The molecule has 25 heavy (non-hydrogen) atoms. The number of quaternary nitrogens is 4. The zero-order chi connectivity index (χ0) is 17.9. The van der Waals surface area contributed by atoms with Gasteiger partial charge in [-0.15, -0.1) is 0 Å². The highest BCUT2D eigenvalue weighted by atomic mass is 16.1. The third-order valence-corrected chi connectivity index (χ3v) is 5.21. The highest BCUT2D eigenvalue weighted by Crippen LogP contribution is 2.32. The summed E-state index contributed by atoms with van der Waals surface area (Å²) < 4.78 is 0.853. The number of ketones is 1. The summed E-state index contributed by atoms with van der Waals surface area (Å²) in [4.78, 5) is 13.2. The molecule has 0 heterocycles. The van der Waals surface area contributed by atoms with Crippen LogP contribution in [0.25, 0.3) is 16.8 Å². The van der Waals surface area contributed by atoms with Crippen LogP contribution >= 0.6 is 0 Å². The van der Waals surface area contributed by atoms with Crippen molar-refractivity contribution in [2.24, 2.45) is 0 Å². The van der Waals surface area contributed by atoms with Crippen LogP contribution in [0.5, 0.6) is 0 Å². The van der Waals surface area contributed by atoms with E-state index in [1.165, 1.54) is 0 Å². The lowest BCUT2D eigenvalue weighted by molar-refractivity contribution is -0.936. The van der Waals surface area contributed by atoms with E-state index in [1.54, 1.807) is 0 Å². The van der Waals surface area contributed by atoms with E-state index in [-0.39, 0.29) is 5.78 Å². The smallest absolute Gasteiger partial charge is 0.195 e. The monoisotopic (exact) mass is 342 g/mol. The van der Waals surface area contributed by atoms with Crippen LogP contribution in [0.2, 0.25) is 0 Å². The van der Waals surface area contributed by atoms with Gasteiger partial charge in [-0.2, -0.15) is 0 Å². The molecule has 2 aromatic carbocycles. The molecule has 132 valence electrons. The largest absolute Gasteiger partial charge is 0.353 e. The van der Waals surface area contributed by atoms with Crippen molar-refractivity contribution >= 4 is 22.6 Å². The van der Waals surface area contributed by atoms with E-state index in [0.717, 1.165) is 77.8 Å². The van der Waals surface area contributed by atoms with Gasteiger partial charge in [0.25, 0.3) is 0 Å². The van der Waals surface area contributed by atoms with Gasteiger partial charge < -0.3 is 21.7 Å². The molecular formula is C20H30N4O+4. The van der Waals surface area contributed by atoms with E-state index in [4.69, 9.17) is 0 Å². The first-order chi connectivity index (χ1) is 12.1. The molecule has 0 aliphatic heterocycles. The second kappa shape index (κ2) is 7.45. The number of rotatable bonds is 8. The maximum Gasteiger partial charge on any atom is 0.195 e. The summed E-state index contributed by atoms with van der Waals surface area (Å²) in [6.45, 7) is 6.18. The minimum absolute atomic E-state index is 0.170. The Labute approximate surface area is 148 Å². The van der Waals surface area contributed by atoms with Crippen molar-refractivity contribution in [1.29, 1.82) is 0 Å². The Morgan fingerprint density at radius 3 is 2.04 bits per heavy atom. The van der Waals surface area contributed by atoms with Gasteiger partial charge >= 0.3 is 0 Å². The molecule has 0 saturated carbocycles. The summed E-state index contributed by atoms with van der Waals surface area (Å²) in [5.41, 5.74) is 15.1. The fraction of sp³-hybridized carbons (Fsp3) is 0.350. The molecule has 0 bridgehead atoms. The molecule has 0 unspecified atom stereocenters. The molecule has 0 aromatic heterocycles. The number of Topliss-reactive ketones (excluding diaryl/α,β-unsaturated/α-hetero) is 1. The average molecular weight is 342 g/mol. The normalized spacial score (nSPS) is 14.0. The van der Waals surface area contributed by atoms with Gasteiger partial charge in [0.2, 0.25) is 0 Å². The van der Waals surface area contributed by atoms with Crippen molar-refractivity contribution in [2.45, 2.75) is 0 Å². The molecule has 0 radical (unpaired) electrons. The molecule has 2 aromatic rings. The van der Waals surface area contributed by atoms with E-state index < -0.39 is 0 Å². The Balaban J connectivity index is 2.03. The fourth-order valence-corrected chi connectivity index (χ4v) is 4.16. The maximum atomic E-state index is 13.2. The van der Waals surface area contributed by atoms with Gasteiger partial charge in [0.1, 0.15) is 45.8 Å².